The average molecular weight is 276 g/mol. The maximum absolute atomic E-state index is 6.21. The van der Waals surface area contributed by atoms with E-state index in [1.54, 1.807) is 0 Å². The lowest BCUT2D eigenvalue weighted by Crippen LogP contribution is -2.39. The van der Waals surface area contributed by atoms with Crippen LogP contribution in [0, 0.1) is 0 Å². The van der Waals surface area contributed by atoms with Gasteiger partial charge in [-0.15, -0.1) is 0 Å². The van der Waals surface area contributed by atoms with Crippen LogP contribution in [0.25, 0.3) is 0 Å². The molecule has 0 aliphatic carbocycles. The number of likely N-dealkylation sites (tertiary alicyclic amines) is 1. The number of pyridine rings is 1. The summed E-state index contributed by atoms with van der Waals surface area (Å²) in [6.07, 6.45) is 7.15. The third kappa shape index (κ3) is 4.01. The van der Waals surface area contributed by atoms with Crippen molar-refractivity contribution in [3.05, 3.63) is 30.1 Å². The maximum Gasteiger partial charge on any atom is 0.0622 e. The summed E-state index contributed by atoms with van der Waals surface area (Å²) in [6, 6.07) is 6.13. The molecule has 0 aromatic carbocycles. The minimum absolute atomic E-state index is 0.427. The Morgan fingerprint density at radius 1 is 1.10 bits per heavy atom. The second kappa shape index (κ2) is 7.16. The molecule has 0 spiro atoms. The first-order chi connectivity index (χ1) is 9.90. The molecule has 1 aromatic rings. The summed E-state index contributed by atoms with van der Waals surface area (Å²) in [4.78, 5) is 6.88. The van der Waals surface area contributed by atoms with Crippen LogP contribution >= 0.6 is 0 Å². The van der Waals surface area contributed by atoms with Gasteiger partial charge in [0, 0.05) is 39.0 Å². The van der Waals surface area contributed by atoms with Gasteiger partial charge in [0.2, 0.25) is 0 Å². The SMILES string of the molecule is c1ccc(CN2CCC(OC3CCOCC3)CC2)nc1. The molecule has 110 valence electrons. The van der Waals surface area contributed by atoms with Crippen molar-refractivity contribution in [2.24, 2.45) is 0 Å². The summed E-state index contributed by atoms with van der Waals surface area (Å²) in [5.74, 6) is 0. The zero-order valence-corrected chi connectivity index (χ0v) is 12.0. The largest absolute Gasteiger partial charge is 0.381 e. The molecular formula is C16H24N2O2. The van der Waals surface area contributed by atoms with Gasteiger partial charge in [0.1, 0.15) is 0 Å². The Bertz CT molecular complexity index is 385. The molecule has 3 heterocycles. The van der Waals surface area contributed by atoms with Gasteiger partial charge in [-0.2, -0.15) is 0 Å². The van der Waals surface area contributed by atoms with Crippen LogP contribution in [0.2, 0.25) is 0 Å². The fraction of sp³-hybridized carbons (Fsp3) is 0.688. The molecule has 0 N–H and O–H groups in total. The van der Waals surface area contributed by atoms with Crippen LogP contribution in [-0.4, -0.2) is 48.4 Å². The Balaban J connectivity index is 1.40. The van der Waals surface area contributed by atoms with Crippen LogP contribution in [0.4, 0.5) is 0 Å². The summed E-state index contributed by atoms with van der Waals surface area (Å²) in [6.45, 7) is 4.92. The van der Waals surface area contributed by atoms with Crippen molar-refractivity contribution in [3.63, 3.8) is 0 Å². The quantitative estimate of drug-likeness (QED) is 0.845. The Labute approximate surface area is 121 Å². The van der Waals surface area contributed by atoms with E-state index in [1.165, 1.54) is 0 Å². The van der Waals surface area contributed by atoms with Gasteiger partial charge in [0.25, 0.3) is 0 Å². The third-order valence-electron chi connectivity index (χ3n) is 4.20. The number of nitrogens with zero attached hydrogens (tertiary/aromatic N) is 2. The lowest BCUT2D eigenvalue weighted by atomic mass is 10.1. The first-order valence-electron chi connectivity index (χ1n) is 7.75. The number of rotatable bonds is 4. The summed E-state index contributed by atoms with van der Waals surface area (Å²) >= 11 is 0. The fourth-order valence-corrected chi connectivity index (χ4v) is 3.01. The number of ether oxygens (including phenoxy) is 2. The smallest absolute Gasteiger partial charge is 0.0622 e. The molecule has 3 rings (SSSR count). The summed E-state index contributed by atoms with van der Waals surface area (Å²) in [5, 5.41) is 0. The van der Waals surface area contributed by atoms with Crippen molar-refractivity contribution in [2.45, 2.75) is 44.4 Å². The van der Waals surface area contributed by atoms with Gasteiger partial charge < -0.3 is 9.47 Å². The molecule has 4 nitrogen and oxygen atoms in total. The second-order valence-corrected chi connectivity index (χ2v) is 5.74. The first-order valence-corrected chi connectivity index (χ1v) is 7.75. The zero-order valence-electron chi connectivity index (χ0n) is 12.0. The number of piperidine rings is 1. The molecular weight excluding hydrogens is 252 g/mol. The lowest BCUT2D eigenvalue weighted by molar-refractivity contribution is -0.0852. The van der Waals surface area contributed by atoms with Gasteiger partial charge in [0.05, 0.1) is 17.9 Å². The van der Waals surface area contributed by atoms with Gasteiger partial charge in [-0.3, -0.25) is 9.88 Å². The summed E-state index contributed by atoms with van der Waals surface area (Å²) in [5.41, 5.74) is 1.16. The predicted octanol–water partition coefficient (Wildman–Crippen LogP) is 2.24. The molecule has 0 atom stereocenters. The summed E-state index contributed by atoms with van der Waals surface area (Å²) < 4.78 is 11.6. The minimum Gasteiger partial charge on any atom is -0.381 e. The van der Waals surface area contributed by atoms with E-state index in [9.17, 15) is 0 Å². The highest BCUT2D eigenvalue weighted by Crippen LogP contribution is 2.20. The fourth-order valence-electron chi connectivity index (χ4n) is 3.01. The molecule has 0 amide bonds. The standard InChI is InChI=1S/C16H24N2O2/c1-2-8-17-14(3-1)13-18-9-4-15(5-10-18)20-16-6-11-19-12-7-16/h1-3,8,15-16H,4-7,9-13H2. The number of hydrogen-bond donors (Lipinski definition) is 0. The molecule has 2 saturated heterocycles. The molecule has 20 heavy (non-hydrogen) atoms. The second-order valence-electron chi connectivity index (χ2n) is 5.74. The van der Waals surface area contributed by atoms with Gasteiger partial charge in [-0.25, -0.2) is 0 Å². The zero-order chi connectivity index (χ0) is 13.6. The van der Waals surface area contributed by atoms with Crippen LogP contribution in [0.5, 0.6) is 0 Å². The molecule has 4 heteroatoms. The van der Waals surface area contributed by atoms with Crippen molar-refractivity contribution < 1.29 is 9.47 Å². The molecule has 2 aliphatic heterocycles. The Kier molecular flexibility index (Phi) is 5.01. The topological polar surface area (TPSA) is 34.6 Å². The van der Waals surface area contributed by atoms with Crippen molar-refractivity contribution in [2.75, 3.05) is 26.3 Å². The highest BCUT2D eigenvalue weighted by atomic mass is 16.5. The van der Waals surface area contributed by atoms with Crippen LogP contribution in [0.1, 0.15) is 31.4 Å². The van der Waals surface area contributed by atoms with Crippen LogP contribution < -0.4 is 0 Å². The molecule has 0 unspecified atom stereocenters. The van der Waals surface area contributed by atoms with Gasteiger partial charge >= 0.3 is 0 Å². The van der Waals surface area contributed by atoms with Crippen molar-refractivity contribution in [1.29, 1.82) is 0 Å². The molecule has 0 saturated carbocycles. The Morgan fingerprint density at radius 2 is 1.85 bits per heavy atom. The molecule has 2 aliphatic rings. The Hall–Kier alpha value is -0.970. The van der Waals surface area contributed by atoms with E-state index in [0.29, 0.717) is 12.2 Å². The van der Waals surface area contributed by atoms with Crippen molar-refractivity contribution in [3.8, 4) is 0 Å². The maximum atomic E-state index is 6.21. The predicted molar refractivity (Wildman–Crippen MR) is 77.5 cm³/mol. The first kappa shape index (κ1) is 14.0. The molecule has 0 radical (unpaired) electrons. The van der Waals surface area contributed by atoms with Gasteiger partial charge in [0.15, 0.2) is 0 Å². The van der Waals surface area contributed by atoms with Crippen LogP contribution in [0.3, 0.4) is 0 Å². The van der Waals surface area contributed by atoms with Gasteiger partial charge in [-0.1, -0.05) is 6.07 Å². The third-order valence-corrected chi connectivity index (χ3v) is 4.20. The van der Waals surface area contributed by atoms with E-state index >= 15 is 0 Å². The number of hydrogen-bond acceptors (Lipinski definition) is 4. The van der Waals surface area contributed by atoms with E-state index < -0.39 is 0 Å². The van der Waals surface area contributed by atoms with Crippen LogP contribution in [0.15, 0.2) is 24.4 Å². The molecule has 1 aromatic heterocycles. The summed E-state index contributed by atoms with van der Waals surface area (Å²) in [7, 11) is 0. The van der Waals surface area contributed by atoms with E-state index in [4.69, 9.17) is 9.47 Å². The van der Waals surface area contributed by atoms with Crippen molar-refractivity contribution >= 4 is 0 Å². The normalized spacial score (nSPS) is 23.0. The van der Waals surface area contributed by atoms with Crippen molar-refractivity contribution in [1.82, 2.24) is 9.88 Å². The average Bonchev–Trinajstić information content (AvgIpc) is 2.51. The minimum atomic E-state index is 0.427. The number of aromatic nitrogens is 1. The molecule has 2 fully saturated rings. The monoisotopic (exact) mass is 276 g/mol. The highest BCUT2D eigenvalue weighted by molar-refractivity contribution is 5.03. The van der Waals surface area contributed by atoms with E-state index in [1.807, 2.05) is 12.3 Å². The van der Waals surface area contributed by atoms with Gasteiger partial charge in [-0.05, 0) is 37.8 Å². The Morgan fingerprint density at radius 3 is 2.55 bits per heavy atom. The lowest BCUT2D eigenvalue weighted by Gasteiger charge is -2.34. The highest BCUT2D eigenvalue weighted by Gasteiger charge is 2.24. The molecule has 0 bridgehead atoms. The van der Waals surface area contributed by atoms with E-state index in [0.717, 1.165) is 64.2 Å². The van der Waals surface area contributed by atoms with E-state index in [2.05, 4.69) is 22.0 Å². The van der Waals surface area contributed by atoms with E-state index in [-0.39, 0.29) is 0 Å². The van der Waals surface area contributed by atoms with Crippen LogP contribution in [-0.2, 0) is 16.0 Å².